The molecule has 0 amide bonds. The quantitative estimate of drug-likeness (QED) is 0.632. The molecule has 0 aliphatic heterocycles. The Morgan fingerprint density at radius 1 is 1.69 bits per heavy atom. The Hall–Kier alpha value is -1.41. The van der Waals surface area contributed by atoms with Gasteiger partial charge in [-0.05, 0) is 24.1 Å². The maximum absolute atomic E-state index is 13.0. The Balaban J connectivity index is 2.83. The third-order valence-corrected chi connectivity index (χ3v) is 2.72. The minimum Gasteiger partial charge on any atom is -0.468 e. The van der Waals surface area contributed by atoms with E-state index in [1.54, 1.807) is 6.07 Å². The molecule has 84 valence electrons. The first-order chi connectivity index (χ1) is 7.58. The second kappa shape index (κ2) is 5.61. The number of esters is 1. The standard InChI is InChI=1S/C11H9BrFNO2/c1-16-11(15)9(12)5-7-2-3-10(13)8(4-7)6-14/h2-4,9H,5H2,1H3. The lowest BCUT2D eigenvalue weighted by molar-refractivity contribution is -0.139. The summed E-state index contributed by atoms with van der Waals surface area (Å²) in [7, 11) is 1.29. The molecule has 0 aliphatic carbocycles. The van der Waals surface area contributed by atoms with Crippen molar-refractivity contribution in [2.75, 3.05) is 7.11 Å². The Labute approximate surface area is 101 Å². The topological polar surface area (TPSA) is 50.1 Å². The van der Waals surface area contributed by atoms with E-state index in [0.717, 1.165) is 0 Å². The second-order valence-electron chi connectivity index (χ2n) is 3.12. The molecule has 1 aromatic carbocycles. The van der Waals surface area contributed by atoms with Gasteiger partial charge in [-0.25, -0.2) is 4.39 Å². The fourth-order valence-corrected chi connectivity index (χ4v) is 1.76. The lowest BCUT2D eigenvalue weighted by Crippen LogP contribution is -2.18. The minimum absolute atomic E-state index is 0.0259. The normalized spacial score (nSPS) is 11.6. The van der Waals surface area contributed by atoms with Crippen molar-refractivity contribution in [2.24, 2.45) is 0 Å². The molecule has 16 heavy (non-hydrogen) atoms. The molecule has 1 atom stereocenters. The van der Waals surface area contributed by atoms with E-state index in [4.69, 9.17) is 5.26 Å². The Kier molecular flexibility index (Phi) is 4.44. The summed E-state index contributed by atoms with van der Waals surface area (Å²) in [6.45, 7) is 0. The first-order valence-corrected chi connectivity index (χ1v) is 5.40. The number of halogens is 2. The SMILES string of the molecule is COC(=O)C(Br)Cc1ccc(F)c(C#N)c1. The maximum atomic E-state index is 13.0. The van der Waals surface area contributed by atoms with Crippen molar-refractivity contribution in [1.29, 1.82) is 5.26 Å². The highest BCUT2D eigenvalue weighted by Gasteiger charge is 2.16. The molecule has 1 rings (SSSR count). The molecule has 0 heterocycles. The van der Waals surface area contributed by atoms with Crippen molar-refractivity contribution in [3.8, 4) is 6.07 Å². The van der Waals surface area contributed by atoms with Gasteiger partial charge in [-0.2, -0.15) is 5.26 Å². The number of nitrogens with zero attached hydrogens (tertiary/aromatic N) is 1. The summed E-state index contributed by atoms with van der Waals surface area (Å²) in [6.07, 6.45) is 0.349. The van der Waals surface area contributed by atoms with E-state index in [1.165, 1.54) is 25.3 Å². The van der Waals surface area contributed by atoms with E-state index in [1.807, 2.05) is 0 Å². The predicted molar refractivity (Wildman–Crippen MR) is 59.6 cm³/mol. The number of carbonyl (C=O) groups excluding carboxylic acids is 1. The van der Waals surface area contributed by atoms with Crippen LogP contribution in [0.25, 0.3) is 0 Å². The van der Waals surface area contributed by atoms with Crippen LogP contribution in [0.2, 0.25) is 0 Å². The number of nitriles is 1. The van der Waals surface area contributed by atoms with Gasteiger partial charge >= 0.3 is 5.97 Å². The van der Waals surface area contributed by atoms with Gasteiger partial charge < -0.3 is 4.74 Å². The van der Waals surface area contributed by atoms with E-state index < -0.39 is 16.6 Å². The highest BCUT2D eigenvalue weighted by molar-refractivity contribution is 9.10. The van der Waals surface area contributed by atoms with Crippen LogP contribution in [0.4, 0.5) is 4.39 Å². The Morgan fingerprint density at radius 3 is 2.94 bits per heavy atom. The summed E-state index contributed by atoms with van der Waals surface area (Å²) in [4.78, 5) is 10.6. The molecule has 0 bridgehead atoms. The van der Waals surface area contributed by atoms with Crippen LogP contribution in [0.15, 0.2) is 18.2 Å². The predicted octanol–water partition coefficient (Wildman–Crippen LogP) is 2.18. The monoisotopic (exact) mass is 285 g/mol. The largest absolute Gasteiger partial charge is 0.468 e. The molecule has 0 aromatic heterocycles. The van der Waals surface area contributed by atoms with Gasteiger partial charge in [-0.3, -0.25) is 4.79 Å². The van der Waals surface area contributed by atoms with Gasteiger partial charge in [0.25, 0.3) is 0 Å². The highest BCUT2D eigenvalue weighted by Crippen LogP contribution is 2.15. The van der Waals surface area contributed by atoms with E-state index in [9.17, 15) is 9.18 Å². The van der Waals surface area contributed by atoms with Gasteiger partial charge in [0.2, 0.25) is 0 Å². The Bertz CT molecular complexity index is 442. The van der Waals surface area contributed by atoms with Crippen molar-refractivity contribution in [3.05, 3.63) is 35.1 Å². The summed E-state index contributed by atoms with van der Waals surface area (Å²) in [5, 5.41) is 8.64. The van der Waals surface area contributed by atoms with Crippen LogP contribution in [0, 0.1) is 17.1 Å². The molecule has 3 nitrogen and oxygen atoms in total. The molecule has 0 aliphatic rings. The fraction of sp³-hybridized carbons (Fsp3) is 0.273. The van der Waals surface area contributed by atoms with Gasteiger partial charge in [-0.15, -0.1) is 0 Å². The van der Waals surface area contributed by atoms with Gasteiger partial charge in [0.15, 0.2) is 0 Å². The molecular formula is C11H9BrFNO2. The van der Waals surface area contributed by atoms with E-state index in [-0.39, 0.29) is 5.56 Å². The first kappa shape index (κ1) is 12.7. The summed E-state index contributed by atoms with van der Waals surface area (Å²) < 4.78 is 17.5. The van der Waals surface area contributed by atoms with E-state index in [2.05, 4.69) is 20.7 Å². The summed E-state index contributed by atoms with van der Waals surface area (Å²) in [5.41, 5.74) is 0.673. The molecule has 1 aromatic rings. The average molecular weight is 286 g/mol. The van der Waals surface area contributed by atoms with Crippen molar-refractivity contribution < 1.29 is 13.9 Å². The number of methoxy groups -OCH3 is 1. The van der Waals surface area contributed by atoms with Crippen LogP contribution < -0.4 is 0 Å². The molecule has 0 saturated carbocycles. The van der Waals surface area contributed by atoms with Crippen molar-refractivity contribution in [1.82, 2.24) is 0 Å². The number of carbonyl (C=O) groups is 1. The van der Waals surface area contributed by atoms with Crippen LogP contribution in [-0.4, -0.2) is 17.9 Å². The van der Waals surface area contributed by atoms with Crippen LogP contribution in [0.3, 0.4) is 0 Å². The van der Waals surface area contributed by atoms with Crippen LogP contribution >= 0.6 is 15.9 Å². The molecule has 0 saturated heterocycles. The van der Waals surface area contributed by atoms with Crippen LogP contribution in [0.5, 0.6) is 0 Å². The first-order valence-electron chi connectivity index (χ1n) is 4.49. The molecule has 0 N–H and O–H groups in total. The second-order valence-corrected chi connectivity index (χ2v) is 4.23. The number of ether oxygens (including phenoxy) is 1. The highest BCUT2D eigenvalue weighted by atomic mass is 79.9. The number of hydrogen-bond donors (Lipinski definition) is 0. The van der Waals surface area contributed by atoms with E-state index >= 15 is 0 Å². The zero-order chi connectivity index (χ0) is 12.1. The summed E-state index contributed by atoms with van der Waals surface area (Å²) >= 11 is 3.15. The number of rotatable bonds is 3. The minimum atomic E-state index is -0.560. The maximum Gasteiger partial charge on any atom is 0.319 e. The Morgan fingerprint density at radius 2 is 2.38 bits per heavy atom. The van der Waals surface area contributed by atoms with Gasteiger partial charge in [0, 0.05) is 0 Å². The van der Waals surface area contributed by atoms with Crippen LogP contribution in [0.1, 0.15) is 11.1 Å². The van der Waals surface area contributed by atoms with Gasteiger partial charge in [-0.1, -0.05) is 22.0 Å². The fourth-order valence-electron chi connectivity index (χ4n) is 1.20. The average Bonchev–Trinajstić information content (AvgIpc) is 2.30. The molecule has 0 radical (unpaired) electrons. The lowest BCUT2D eigenvalue weighted by Gasteiger charge is -2.07. The van der Waals surface area contributed by atoms with E-state index in [0.29, 0.717) is 12.0 Å². The summed E-state index contributed by atoms with van der Waals surface area (Å²) in [5.74, 6) is -0.960. The molecular weight excluding hydrogens is 277 g/mol. The lowest BCUT2D eigenvalue weighted by atomic mass is 10.1. The zero-order valence-corrected chi connectivity index (χ0v) is 10.1. The third-order valence-electron chi connectivity index (χ3n) is 2.02. The summed E-state index contributed by atoms with van der Waals surface area (Å²) in [6, 6.07) is 5.92. The van der Waals surface area contributed by atoms with Gasteiger partial charge in [0.05, 0.1) is 12.7 Å². The molecule has 0 spiro atoms. The number of hydrogen-bond acceptors (Lipinski definition) is 3. The third kappa shape index (κ3) is 3.04. The van der Waals surface area contributed by atoms with Crippen molar-refractivity contribution in [3.63, 3.8) is 0 Å². The van der Waals surface area contributed by atoms with Gasteiger partial charge in [0.1, 0.15) is 16.7 Å². The van der Waals surface area contributed by atoms with Crippen LogP contribution in [-0.2, 0) is 16.0 Å². The smallest absolute Gasteiger partial charge is 0.319 e. The van der Waals surface area contributed by atoms with Crippen molar-refractivity contribution in [2.45, 2.75) is 11.2 Å². The molecule has 0 fully saturated rings. The molecule has 5 heteroatoms. The molecule has 1 unspecified atom stereocenters. The number of benzene rings is 1. The van der Waals surface area contributed by atoms with Crippen molar-refractivity contribution >= 4 is 21.9 Å². The number of alkyl halides is 1. The zero-order valence-electron chi connectivity index (χ0n) is 8.54.